The van der Waals surface area contributed by atoms with Crippen molar-refractivity contribution in [2.45, 2.75) is 24.3 Å². The van der Waals surface area contributed by atoms with Crippen LogP contribution in [0.1, 0.15) is 23.6 Å². The molecule has 3 aromatic heterocycles. The van der Waals surface area contributed by atoms with Crippen molar-refractivity contribution in [3.63, 3.8) is 0 Å². The third-order valence-electron chi connectivity index (χ3n) is 6.68. The molecular formula is C22H21FN4OS2. The molecular weight excluding hydrogens is 419 g/mol. The molecule has 154 valence electrons. The predicted octanol–water partition coefficient (Wildman–Crippen LogP) is 5.37. The van der Waals surface area contributed by atoms with Crippen LogP contribution in [-0.2, 0) is 4.74 Å². The summed E-state index contributed by atoms with van der Waals surface area (Å²) in [5.74, 6) is 0.173. The minimum absolute atomic E-state index is 0.0935. The van der Waals surface area contributed by atoms with Gasteiger partial charge < -0.3 is 10.1 Å². The highest BCUT2D eigenvalue weighted by Crippen LogP contribution is 2.49. The molecule has 4 aromatic rings. The number of nitrogens with one attached hydrogen (secondary N) is 1. The van der Waals surface area contributed by atoms with Gasteiger partial charge in [-0.1, -0.05) is 0 Å². The Kier molecular flexibility index (Phi) is 4.31. The number of anilines is 2. The Bertz CT molecular complexity index is 1250. The molecule has 8 heteroatoms. The number of thiophene rings is 1. The molecule has 0 bridgehead atoms. The third-order valence-corrected chi connectivity index (χ3v) is 8.63. The molecule has 6 rings (SSSR count). The molecule has 0 radical (unpaired) electrons. The number of hydrogen-bond acceptors (Lipinski definition) is 7. The van der Waals surface area contributed by atoms with E-state index < -0.39 is 0 Å². The number of likely N-dealkylation sites (N-methyl/N-ethyl adjacent to an activating group) is 1. The molecule has 1 spiro atoms. The second-order valence-electron chi connectivity index (χ2n) is 8.17. The van der Waals surface area contributed by atoms with Gasteiger partial charge in [0.2, 0.25) is 0 Å². The topological polar surface area (TPSA) is 50.3 Å². The molecule has 2 unspecified atom stereocenters. The van der Waals surface area contributed by atoms with Gasteiger partial charge in [0.05, 0.1) is 39.2 Å². The zero-order valence-corrected chi connectivity index (χ0v) is 18.2. The van der Waals surface area contributed by atoms with E-state index in [1.54, 1.807) is 35.2 Å². The fraction of sp³-hybridized carbons (Fsp3) is 0.364. The fourth-order valence-corrected chi connectivity index (χ4v) is 6.95. The summed E-state index contributed by atoms with van der Waals surface area (Å²) in [4.78, 5) is 13.7. The quantitative estimate of drug-likeness (QED) is 0.464. The number of aromatic nitrogens is 2. The number of fused-ring (bicyclic) bond motifs is 2. The van der Waals surface area contributed by atoms with Crippen LogP contribution in [0.3, 0.4) is 0 Å². The smallest absolute Gasteiger partial charge is 0.148 e. The first-order chi connectivity index (χ1) is 14.6. The van der Waals surface area contributed by atoms with Crippen molar-refractivity contribution < 1.29 is 9.13 Å². The van der Waals surface area contributed by atoms with E-state index >= 15 is 0 Å². The van der Waals surface area contributed by atoms with E-state index in [0.717, 1.165) is 58.7 Å². The van der Waals surface area contributed by atoms with E-state index in [2.05, 4.69) is 33.3 Å². The Morgan fingerprint density at radius 3 is 3.07 bits per heavy atom. The highest BCUT2D eigenvalue weighted by atomic mass is 32.1. The van der Waals surface area contributed by atoms with Gasteiger partial charge in [0.25, 0.3) is 0 Å². The van der Waals surface area contributed by atoms with Gasteiger partial charge in [-0.05, 0) is 50.7 Å². The number of ether oxygens (including phenoxy) is 1. The second-order valence-corrected chi connectivity index (χ2v) is 10.1. The van der Waals surface area contributed by atoms with Crippen LogP contribution in [-0.4, -0.2) is 47.2 Å². The molecule has 2 saturated heterocycles. The van der Waals surface area contributed by atoms with E-state index in [9.17, 15) is 4.39 Å². The first-order valence-corrected chi connectivity index (χ1v) is 11.8. The molecule has 1 aromatic carbocycles. The van der Waals surface area contributed by atoms with Crippen molar-refractivity contribution in [3.05, 3.63) is 46.7 Å². The second kappa shape index (κ2) is 6.95. The van der Waals surface area contributed by atoms with Crippen molar-refractivity contribution in [2.24, 2.45) is 0 Å². The van der Waals surface area contributed by atoms with Crippen LogP contribution in [0.4, 0.5) is 15.8 Å². The minimum Gasteiger partial charge on any atom is -0.379 e. The minimum atomic E-state index is -0.272. The zero-order valence-electron chi connectivity index (χ0n) is 16.5. The average molecular weight is 441 g/mol. The summed E-state index contributed by atoms with van der Waals surface area (Å²) < 4.78 is 21.3. The summed E-state index contributed by atoms with van der Waals surface area (Å²) in [7, 11) is 2.21. The van der Waals surface area contributed by atoms with Crippen LogP contribution in [0.2, 0.25) is 0 Å². The first kappa shape index (κ1) is 18.6. The molecule has 30 heavy (non-hydrogen) atoms. The van der Waals surface area contributed by atoms with Gasteiger partial charge in [0.1, 0.15) is 10.6 Å². The van der Waals surface area contributed by atoms with Gasteiger partial charge in [-0.3, -0.25) is 4.90 Å². The molecule has 0 aliphatic carbocycles. The lowest BCUT2D eigenvalue weighted by atomic mass is 9.83. The van der Waals surface area contributed by atoms with E-state index in [4.69, 9.17) is 4.74 Å². The first-order valence-electron chi connectivity index (χ1n) is 10.1. The normalized spacial score (nSPS) is 24.5. The van der Waals surface area contributed by atoms with E-state index in [1.807, 2.05) is 6.07 Å². The number of thiazole rings is 1. The van der Waals surface area contributed by atoms with Gasteiger partial charge in [-0.15, -0.1) is 22.7 Å². The summed E-state index contributed by atoms with van der Waals surface area (Å²) in [5.41, 5.74) is 3.95. The summed E-state index contributed by atoms with van der Waals surface area (Å²) in [5, 5.41) is 4.33. The maximum Gasteiger partial charge on any atom is 0.148 e. The van der Waals surface area contributed by atoms with E-state index in [1.165, 1.54) is 16.2 Å². The fourth-order valence-electron chi connectivity index (χ4n) is 4.99. The van der Waals surface area contributed by atoms with Crippen molar-refractivity contribution in [1.29, 1.82) is 0 Å². The maximum atomic E-state index is 14.7. The van der Waals surface area contributed by atoms with Gasteiger partial charge in [-0.2, -0.15) is 0 Å². The van der Waals surface area contributed by atoms with Crippen molar-refractivity contribution in [1.82, 2.24) is 14.9 Å². The number of hydrogen-bond donors (Lipinski definition) is 1. The van der Waals surface area contributed by atoms with Gasteiger partial charge in [-0.25, -0.2) is 14.4 Å². The number of benzene rings is 1. The molecule has 5 nitrogen and oxygen atoms in total. The Morgan fingerprint density at radius 2 is 2.20 bits per heavy atom. The summed E-state index contributed by atoms with van der Waals surface area (Å²) >= 11 is 3.20. The summed E-state index contributed by atoms with van der Waals surface area (Å²) in [6.07, 6.45) is 3.99. The van der Waals surface area contributed by atoms with Crippen molar-refractivity contribution in [3.8, 4) is 0 Å². The zero-order chi connectivity index (χ0) is 20.3. The lowest BCUT2D eigenvalue weighted by Gasteiger charge is -2.35. The van der Waals surface area contributed by atoms with Gasteiger partial charge >= 0.3 is 0 Å². The molecule has 2 aliphatic heterocycles. The SMILES string of the molecule is CN1CCC(c2cc3c(Nc4cc5ncsc5cc4F)ccnc3s2)C12CCOC2. The van der Waals surface area contributed by atoms with E-state index in [-0.39, 0.29) is 11.4 Å². The molecule has 0 amide bonds. The largest absolute Gasteiger partial charge is 0.379 e. The molecule has 2 fully saturated rings. The third kappa shape index (κ3) is 2.78. The Balaban J connectivity index is 1.39. The number of pyridine rings is 1. The van der Waals surface area contributed by atoms with Crippen molar-refractivity contribution in [2.75, 3.05) is 32.1 Å². The van der Waals surface area contributed by atoms with Crippen LogP contribution in [0.25, 0.3) is 20.4 Å². The van der Waals surface area contributed by atoms with Crippen LogP contribution in [0.5, 0.6) is 0 Å². The van der Waals surface area contributed by atoms with Gasteiger partial charge in [0, 0.05) is 29.0 Å². The lowest BCUT2D eigenvalue weighted by Crippen LogP contribution is -2.45. The van der Waals surface area contributed by atoms with Crippen LogP contribution >= 0.6 is 22.7 Å². The summed E-state index contributed by atoms with van der Waals surface area (Å²) in [6.45, 7) is 2.70. The average Bonchev–Trinajstić information content (AvgIpc) is 3.51. The summed E-state index contributed by atoms with van der Waals surface area (Å²) in [6, 6.07) is 7.49. The Hall–Kier alpha value is -2.13. The molecule has 1 N–H and O–H groups in total. The van der Waals surface area contributed by atoms with Gasteiger partial charge in [0.15, 0.2) is 0 Å². The highest BCUT2D eigenvalue weighted by Gasteiger charge is 2.50. The van der Waals surface area contributed by atoms with Crippen LogP contribution in [0, 0.1) is 5.82 Å². The molecule has 5 heterocycles. The number of rotatable bonds is 3. The Morgan fingerprint density at radius 1 is 1.27 bits per heavy atom. The molecule has 2 aliphatic rings. The Labute approximate surface area is 181 Å². The number of halogens is 1. The van der Waals surface area contributed by atoms with Crippen molar-refractivity contribution >= 4 is 54.5 Å². The van der Waals surface area contributed by atoms with Crippen LogP contribution in [0.15, 0.2) is 36.0 Å². The van der Waals surface area contributed by atoms with Crippen LogP contribution < -0.4 is 5.32 Å². The van der Waals surface area contributed by atoms with E-state index in [0.29, 0.717) is 11.6 Å². The lowest BCUT2D eigenvalue weighted by molar-refractivity contribution is 0.111. The monoisotopic (exact) mass is 440 g/mol. The predicted molar refractivity (Wildman–Crippen MR) is 121 cm³/mol. The molecule has 0 saturated carbocycles. The highest BCUT2D eigenvalue weighted by molar-refractivity contribution is 7.18. The number of likely N-dealkylation sites (tertiary alicyclic amines) is 1. The number of nitrogens with zero attached hydrogens (tertiary/aromatic N) is 3. The molecule has 2 atom stereocenters. The standard InChI is InChI=1S/C22H21FN4OS2/c1-27-6-3-14(22(27)4-7-28-11-22)19-8-13-16(2-5-24-21(13)30-19)26-17-10-18-20(9-15(17)23)29-12-25-18/h2,5,8-10,12,14H,3-4,6-7,11H2,1H3,(H,24,26). The maximum absolute atomic E-state index is 14.7.